The number of hydrogen-bond donors (Lipinski definition) is 1. The highest BCUT2D eigenvalue weighted by Crippen LogP contribution is 2.29. The minimum atomic E-state index is -1.25. The van der Waals surface area contributed by atoms with Gasteiger partial charge in [0.15, 0.2) is 5.69 Å². The van der Waals surface area contributed by atoms with Crippen molar-refractivity contribution in [2.24, 2.45) is 0 Å². The van der Waals surface area contributed by atoms with Crippen LogP contribution in [0.4, 0.5) is 0 Å². The van der Waals surface area contributed by atoms with E-state index in [1.165, 1.54) is 0 Å². The summed E-state index contributed by atoms with van der Waals surface area (Å²) in [5.74, 6) is -1.27. The molecule has 2 aromatic rings. The number of rotatable bonds is 5. The van der Waals surface area contributed by atoms with Crippen molar-refractivity contribution >= 4 is 11.9 Å². The van der Waals surface area contributed by atoms with Crippen molar-refractivity contribution in [3.05, 3.63) is 41.7 Å². The number of carboxylic acid groups (broad SMARTS) is 1. The summed E-state index contributed by atoms with van der Waals surface area (Å²) in [7, 11) is 0. The molecule has 0 radical (unpaired) electrons. The van der Waals surface area contributed by atoms with Crippen molar-refractivity contribution in [3.63, 3.8) is 0 Å². The standard InChI is InChI=1S/C13H12N2O5/c16-12(10-6-11(13(17)18)20-14-10)15(8-3-4-8)7-9-2-1-5-19-9/h1-2,5-6,8H,3-4,7H2,(H,17,18). The van der Waals surface area contributed by atoms with Gasteiger partial charge in [-0.2, -0.15) is 0 Å². The summed E-state index contributed by atoms with van der Waals surface area (Å²) < 4.78 is 9.85. The Kier molecular flexibility index (Phi) is 3.02. The minimum Gasteiger partial charge on any atom is -0.475 e. The molecule has 0 aromatic carbocycles. The number of amides is 1. The number of carbonyl (C=O) groups excluding carboxylic acids is 1. The third kappa shape index (κ3) is 2.42. The fourth-order valence-electron chi connectivity index (χ4n) is 1.95. The summed E-state index contributed by atoms with van der Waals surface area (Å²) in [6.45, 7) is 0.339. The van der Waals surface area contributed by atoms with E-state index in [0.717, 1.165) is 18.9 Å². The van der Waals surface area contributed by atoms with Crippen LogP contribution in [0.2, 0.25) is 0 Å². The minimum absolute atomic E-state index is 0.000793. The number of nitrogens with zero attached hydrogens (tertiary/aromatic N) is 2. The Morgan fingerprint density at radius 1 is 1.45 bits per heavy atom. The van der Waals surface area contributed by atoms with Crippen LogP contribution in [0.3, 0.4) is 0 Å². The Morgan fingerprint density at radius 3 is 2.80 bits per heavy atom. The third-order valence-corrected chi connectivity index (χ3v) is 3.09. The molecule has 0 atom stereocenters. The monoisotopic (exact) mass is 276 g/mol. The first-order valence-corrected chi connectivity index (χ1v) is 6.18. The number of carbonyl (C=O) groups is 2. The molecule has 1 saturated carbocycles. The maximum absolute atomic E-state index is 12.4. The van der Waals surface area contributed by atoms with Gasteiger partial charge in [-0.25, -0.2) is 4.79 Å². The first-order chi connectivity index (χ1) is 9.65. The van der Waals surface area contributed by atoms with Crippen molar-refractivity contribution in [2.75, 3.05) is 0 Å². The Labute approximate surface area is 113 Å². The van der Waals surface area contributed by atoms with Crippen LogP contribution < -0.4 is 0 Å². The predicted molar refractivity (Wildman–Crippen MR) is 65.1 cm³/mol. The first-order valence-electron chi connectivity index (χ1n) is 6.18. The van der Waals surface area contributed by atoms with Gasteiger partial charge in [0.25, 0.3) is 5.91 Å². The van der Waals surface area contributed by atoms with Crippen LogP contribution in [0.5, 0.6) is 0 Å². The maximum Gasteiger partial charge on any atom is 0.374 e. The summed E-state index contributed by atoms with van der Waals surface area (Å²) >= 11 is 0. The molecule has 0 unspecified atom stereocenters. The molecule has 0 bridgehead atoms. The number of aromatic carboxylic acids is 1. The zero-order chi connectivity index (χ0) is 14.1. The van der Waals surface area contributed by atoms with Gasteiger partial charge in [-0.3, -0.25) is 4.79 Å². The van der Waals surface area contributed by atoms with Gasteiger partial charge < -0.3 is 18.9 Å². The molecule has 7 nitrogen and oxygen atoms in total. The van der Waals surface area contributed by atoms with Gasteiger partial charge in [-0.1, -0.05) is 5.16 Å². The largest absolute Gasteiger partial charge is 0.475 e. The van der Waals surface area contributed by atoms with Crippen molar-refractivity contribution in [3.8, 4) is 0 Å². The van der Waals surface area contributed by atoms with Crippen molar-refractivity contribution < 1.29 is 23.6 Å². The molecule has 104 valence electrons. The van der Waals surface area contributed by atoms with E-state index < -0.39 is 5.97 Å². The molecule has 1 fully saturated rings. The molecule has 1 aliphatic carbocycles. The van der Waals surface area contributed by atoms with Crippen LogP contribution in [-0.4, -0.2) is 33.1 Å². The summed E-state index contributed by atoms with van der Waals surface area (Å²) in [6, 6.07) is 4.83. The van der Waals surface area contributed by atoms with Crippen molar-refractivity contribution in [1.29, 1.82) is 0 Å². The predicted octanol–water partition coefficient (Wildman–Crippen LogP) is 1.77. The Bertz CT molecular complexity index is 627. The summed E-state index contributed by atoms with van der Waals surface area (Å²) in [4.78, 5) is 24.7. The summed E-state index contributed by atoms with van der Waals surface area (Å²) in [5, 5.41) is 12.3. The Balaban J connectivity index is 1.79. The number of aromatic nitrogens is 1. The lowest BCUT2D eigenvalue weighted by molar-refractivity contribution is 0.0646. The first kappa shape index (κ1) is 12.5. The molecule has 1 N–H and O–H groups in total. The molecule has 0 spiro atoms. The van der Waals surface area contributed by atoms with Crippen LogP contribution >= 0.6 is 0 Å². The van der Waals surface area contributed by atoms with Crippen LogP contribution in [-0.2, 0) is 6.54 Å². The third-order valence-electron chi connectivity index (χ3n) is 3.09. The molecule has 2 aromatic heterocycles. The molecule has 0 saturated heterocycles. The Morgan fingerprint density at radius 2 is 2.25 bits per heavy atom. The summed E-state index contributed by atoms with van der Waals surface area (Å²) in [5.41, 5.74) is 0.000793. The molecule has 7 heteroatoms. The summed E-state index contributed by atoms with van der Waals surface area (Å²) in [6.07, 6.45) is 3.40. The van der Waals surface area contributed by atoms with Crippen LogP contribution in [0.25, 0.3) is 0 Å². The average Bonchev–Trinajstić information content (AvgIpc) is 2.95. The van der Waals surface area contributed by atoms with Gasteiger partial charge in [-0.05, 0) is 25.0 Å². The average molecular weight is 276 g/mol. The van der Waals surface area contributed by atoms with Gasteiger partial charge in [-0.15, -0.1) is 0 Å². The number of hydrogen-bond acceptors (Lipinski definition) is 5. The zero-order valence-electron chi connectivity index (χ0n) is 10.5. The van der Waals surface area contributed by atoms with E-state index >= 15 is 0 Å². The molecule has 3 rings (SSSR count). The van der Waals surface area contributed by atoms with E-state index in [0.29, 0.717) is 12.3 Å². The smallest absolute Gasteiger partial charge is 0.374 e. The SMILES string of the molecule is O=C(O)c1cc(C(=O)N(Cc2ccco2)C2CC2)no1. The molecule has 1 amide bonds. The highest BCUT2D eigenvalue weighted by atomic mass is 16.5. The number of carboxylic acids is 1. The van der Waals surface area contributed by atoms with E-state index in [9.17, 15) is 9.59 Å². The fourth-order valence-corrected chi connectivity index (χ4v) is 1.95. The van der Waals surface area contributed by atoms with Gasteiger partial charge in [0, 0.05) is 12.1 Å². The van der Waals surface area contributed by atoms with Crippen LogP contribution in [0.15, 0.2) is 33.4 Å². The molecule has 2 heterocycles. The van der Waals surface area contributed by atoms with Crippen LogP contribution in [0.1, 0.15) is 39.6 Å². The Hall–Kier alpha value is -2.57. The molecule has 20 heavy (non-hydrogen) atoms. The van der Waals surface area contributed by atoms with E-state index in [4.69, 9.17) is 9.52 Å². The van der Waals surface area contributed by atoms with E-state index in [1.807, 2.05) is 0 Å². The quantitative estimate of drug-likeness (QED) is 0.893. The molecular formula is C13H12N2O5. The zero-order valence-corrected chi connectivity index (χ0v) is 10.5. The molecule has 0 aliphatic heterocycles. The normalized spacial score (nSPS) is 14.2. The lowest BCUT2D eigenvalue weighted by Gasteiger charge is -2.19. The van der Waals surface area contributed by atoms with E-state index in [1.54, 1.807) is 23.3 Å². The van der Waals surface area contributed by atoms with Crippen LogP contribution in [0, 0.1) is 0 Å². The maximum atomic E-state index is 12.4. The van der Waals surface area contributed by atoms with Gasteiger partial charge in [0.05, 0.1) is 12.8 Å². The molecule has 1 aliphatic rings. The highest BCUT2D eigenvalue weighted by Gasteiger charge is 2.35. The van der Waals surface area contributed by atoms with E-state index in [-0.39, 0.29) is 23.4 Å². The van der Waals surface area contributed by atoms with Gasteiger partial charge in [0.1, 0.15) is 5.76 Å². The lowest BCUT2D eigenvalue weighted by Crippen LogP contribution is -2.32. The molecular weight excluding hydrogens is 264 g/mol. The van der Waals surface area contributed by atoms with Gasteiger partial charge in [0.2, 0.25) is 5.76 Å². The van der Waals surface area contributed by atoms with Crippen molar-refractivity contribution in [2.45, 2.75) is 25.4 Å². The highest BCUT2D eigenvalue weighted by molar-refractivity contribution is 5.95. The second kappa shape index (κ2) is 4.84. The lowest BCUT2D eigenvalue weighted by atomic mass is 10.3. The second-order valence-corrected chi connectivity index (χ2v) is 4.63. The van der Waals surface area contributed by atoms with E-state index in [2.05, 4.69) is 9.68 Å². The fraction of sp³-hybridized carbons (Fsp3) is 0.308. The number of furan rings is 1. The topological polar surface area (TPSA) is 96.8 Å². The van der Waals surface area contributed by atoms with Gasteiger partial charge >= 0.3 is 5.97 Å². The van der Waals surface area contributed by atoms with Crippen molar-refractivity contribution in [1.82, 2.24) is 10.1 Å². The second-order valence-electron chi connectivity index (χ2n) is 4.63.